The maximum atomic E-state index is 11.8. The van der Waals surface area contributed by atoms with Crippen molar-refractivity contribution in [2.75, 3.05) is 23.4 Å². The van der Waals surface area contributed by atoms with Crippen LogP contribution in [0.2, 0.25) is 0 Å². The minimum atomic E-state index is -0.454. The van der Waals surface area contributed by atoms with Crippen molar-refractivity contribution < 1.29 is 9.53 Å². The number of nitrogens with one attached hydrogen (secondary N) is 1. The average Bonchev–Trinajstić information content (AvgIpc) is 3.73. The van der Waals surface area contributed by atoms with Gasteiger partial charge < -0.3 is 15.0 Å². The zero-order valence-corrected chi connectivity index (χ0v) is 29.6. The molecular formula is C37H39N9O2S. The Bertz CT molecular complexity index is 2050. The first kappa shape index (κ1) is 34.7. The lowest BCUT2D eigenvalue weighted by molar-refractivity contribution is -0.137. The molecule has 250 valence electrons. The van der Waals surface area contributed by atoms with Crippen LogP contribution in [0.1, 0.15) is 50.9 Å². The van der Waals surface area contributed by atoms with Crippen LogP contribution in [0.4, 0.5) is 34.5 Å². The largest absolute Gasteiger partial charge is 0.462 e. The van der Waals surface area contributed by atoms with E-state index in [1.165, 1.54) is 27.7 Å². The van der Waals surface area contributed by atoms with E-state index >= 15 is 0 Å². The molecule has 12 heteroatoms. The number of benzene rings is 2. The van der Waals surface area contributed by atoms with Gasteiger partial charge in [-0.3, -0.25) is 0 Å². The predicted octanol–water partition coefficient (Wildman–Crippen LogP) is 9.17. The van der Waals surface area contributed by atoms with Gasteiger partial charge in [0.05, 0.1) is 12.8 Å². The maximum absolute atomic E-state index is 11.8. The minimum Gasteiger partial charge on any atom is -0.462 e. The van der Waals surface area contributed by atoms with E-state index in [0.717, 1.165) is 44.8 Å². The summed E-state index contributed by atoms with van der Waals surface area (Å²) in [7, 11) is 0. The van der Waals surface area contributed by atoms with Gasteiger partial charge in [-0.1, -0.05) is 42.0 Å². The van der Waals surface area contributed by atoms with Crippen molar-refractivity contribution in [1.82, 2.24) is 19.7 Å². The molecule has 1 N–H and O–H groups in total. The van der Waals surface area contributed by atoms with E-state index in [4.69, 9.17) is 9.72 Å². The van der Waals surface area contributed by atoms with Crippen molar-refractivity contribution >= 4 is 51.8 Å². The summed E-state index contributed by atoms with van der Waals surface area (Å²) in [6.45, 7) is 18.7. The number of anilines is 4. The third-order valence-electron chi connectivity index (χ3n) is 7.88. The van der Waals surface area contributed by atoms with Crippen molar-refractivity contribution in [3.63, 3.8) is 0 Å². The van der Waals surface area contributed by atoms with Gasteiger partial charge in [-0.05, 0) is 88.8 Å². The number of esters is 1. The van der Waals surface area contributed by atoms with E-state index in [0.29, 0.717) is 35.4 Å². The molecule has 2 aromatic carbocycles. The van der Waals surface area contributed by atoms with E-state index in [1.54, 1.807) is 12.4 Å². The van der Waals surface area contributed by atoms with Gasteiger partial charge in [-0.2, -0.15) is 5.26 Å². The summed E-state index contributed by atoms with van der Waals surface area (Å²) in [6.07, 6.45) is 5.00. The molecule has 3 aromatic heterocycles. The smallest absolute Gasteiger partial charge is 0.330 e. The molecular weight excluding hydrogens is 635 g/mol. The van der Waals surface area contributed by atoms with E-state index in [9.17, 15) is 10.1 Å². The van der Waals surface area contributed by atoms with E-state index < -0.39 is 5.97 Å². The van der Waals surface area contributed by atoms with Crippen LogP contribution in [0.3, 0.4) is 0 Å². The van der Waals surface area contributed by atoms with Crippen molar-refractivity contribution in [3.8, 4) is 11.2 Å². The molecule has 0 bridgehead atoms. The summed E-state index contributed by atoms with van der Waals surface area (Å²) in [6, 6.07) is 12.7. The molecule has 0 aliphatic carbocycles. The molecule has 0 saturated carbocycles. The number of ether oxygens (including phenoxy) is 1. The second-order valence-electron chi connectivity index (χ2n) is 12.0. The monoisotopic (exact) mass is 673 g/mol. The highest BCUT2D eigenvalue weighted by Gasteiger charge is 2.21. The van der Waals surface area contributed by atoms with Crippen molar-refractivity contribution in [3.05, 3.63) is 105 Å². The zero-order valence-electron chi connectivity index (χ0n) is 28.8. The number of thiazole rings is 1. The number of aryl methyl sites for hydroxylation is 7. The van der Waals surface area contributed by atoms with Gasteiger partial charge >= 0.3 is 5.97 Å². The quantitative estimate of drug-likeness (QED) is 0.0600. The van der Waals surface area contributed by atoms with Gasteiger partial charge in [0, 0.05) is 35.6 Å². The third-order valence-corrected chi connectivity index (χ3v) is 8.65. The number of aromatic nitrogens is 4. The molecule has 0 aliphatic heterocycles. The van der Waals surface area contributed by atoms with Crippen LogP contribution < -0.4 is 10.2 Å². The minimum absolute atomic E-state index is 0.177. The molecule has 3 heterocycles. The standard InChI is InChI=1S/C37H39N9O2S/c1-9-31(47)48-13-10-12-45(34-27(7)17-23(3)18-28(34)8)30-19-26(6)33(36(40-30)41-32-24(4)15-22(2)16-25(32)5)42-43-35-29(20-38)21-46(44-35)37-39-11-14-49-37/h9,11,14-19,21H,1,10,12-13H2,2-8H3,(H,40,41). The van der Waals surface area contributed by atoms with Gasteiger partial charge in [0.1, 0.15) is 23.1 Å². The summed E-state index contributed by atoms with van der Waals surface area (Å²) < 4.78 is 6.84. The van der Waals surface area contributed by atoms with Gasteiger partial charge in [-0.25, -0.2) is 19.4 Å². The lowest BCUT2D eigenvalue weighted by Crippen LogP contribution is -2.23. The average molecular weight is 674 g/mol. The summed E-state index contributed by atoms with van der Waals surface area (Å²) >= 11 is 1.40. The number of azo groups is 1. The third kappa shape index (κ3) is 7.90. The fourth-order valence-electron chi connectivity index (χ4n) is 5.93. The Kier molecular flexibility index (Phi) is 10.6. The van der Waals surface area contributed by atoms with Gasteiger partial charge in [-0.15, -0.1) is 26.7 Å². The van der Waals surface area contributed by atoms with E-state index in [2.05, 4.69) is 109 Å². The molecule has 0 spiro atoms. The fraction of sp³-hybridized carbons (Fsp3) is 0.270. The Morgan fingerprint density at radius 2 is 1.69 bits per heavy atom. The topological polar surface area (TPSA) is 134 Å². The number of rotatable bonds is 12. The highest BCUT2D eigenvalue weighted by Crippen LogP contribution is 2.39. The number of hydrogen-bond donors (Lipinski definition) is 1. The number of nitrogens with zero attached hydrogens (tertiary/aromatic N) is 8. The summed E-state index contributed by atoms with van der Waals surface area (Å²) in [5.74, 6) is 0.912. The molecule has 0 saturated heterocycles. The lowest BCUT2D eigenvalue weighted by Gasteiger charge is -2.29. The van der Waals surface area contributed by atoms with Crippen LogP contribution >= 0.6 is 11.3 Å². The first-order valence-electron chi connectivity index (χ1n) is 15.8. The van der Waals surface area contributed by atoms with Crippen LogP contribution in [-0.4, -0.2) is 38.9 Å². The van der Waals surface area contributed by atoms with Crippen LogP contribution in [0, 0.1) is 59.8 Å². The van der Waals surface area contributed by atoms with Gasteiger partial charge in [0.25, 0.3) is 0 Å². The van der Waals surface area contributed by atoms with E-state index in [1.807, 2.05) is 18.4 Å². The Labute approximate surface area is 290 Å². The Balaban J connectivity index is 1.64. The molecule has 0 unspecified atom stereocenters. The molecule has 5 rings (SSSR count). The van der Waals surface area contributed by atoms with Crippen LogP contribution in [0.25, 0.3) is 5.13 Å². The first-order valence-corrected chi connectivity index (χ1v) is 16.7. The van der Waals surface area contributed by atoms with Crippen LogP contribution in [0.15, 0.2) is 71.0 Å². The van der Waals surface area contributed by atoms with Gasteiger partial charge in [0.15, 0.2) is 5.82 Å². The molecule has 49 heavy (non-hydrogen) atoms. The molecule has 0 fully saturated rings. The second-order valence-corrected chi connectivity index (χ2v) is 12.8. The maximum Gasteiger partial charge on any atom is 0.330 e. The summed E-state index contributed by atoms with van der Waals surface area (Å²) in [5.41, 5.74) is 10.2. The number of hydrogen-bond acceptors (Lipinski definition) is 11. The van der Waals surface area contributed by atoms with Gasteiger partial charge in [0.2, 0.25) is 10.9 Å². The number of nitriles is 1. The lowest BCUT2D eigenvalue weighted by atomic mass is 10.0. The SMILES string of the molecule is C=CC(=O)OCCCN(c1cc(C)c(N=Nc2nn(-c3nccs3)cc2C#N)c(Nc2c(C)cc(C)cc2C)n1)c1c(C)cc(C)cc1C. The first-order chi connectivity index (χ1) is 23.5. The number of pyridine rings is 1. The van der Waals surface area contributed by atoms with Crippen LogP contribution in [-0.2, 0) is 9.53 Å². The second kappa shape index (κ2) is 15.0. The zero-order chi connectivity index (χ0) is 35.2. The van der Waals surface area contributed by atoms with Crippen molar-refractivity contribution in [2.45, 2.75) is 54.9 Å². The van der Waals surface area contributed by atoms with Crippen molar-refractivity contribution in [2.24, 2.45) is 10.2 Å². The van der Waals surface area contributed by atoms with Crippen molar-refractivity contribution in [1.29, 1.82) is 5.26 Å². The predicted molar refractivity (Wildman–Crippen MR) is 194 cm³/mol. The Morgan fingerprint density at radius 1 is 1.02 bits per heavy atom. The molecule has 5 aromatic rings. The van der Waals surface area contributed by atoms with Crippen LogP contribution in [0.5, 0.6) is 0 Å². The molecule has 0 radical (unpaired) electrons. The number of carbonyl (C=O) groups excluding carboxylic acids is 1. The Morgan fingerprint density at radius 3 is 2.31 bits per heavy atom. The normalized spacial score (nSPS) is 11.1. The molecule has 11 nitrogen and oxygen atoms in total. The summed E-state index contributed by atoms with van der Waals surface area (Å²) in [4.78, 5) is 23.4. The highest BCUT2D eigenvalue weighted by molar-refractivity contribution is 7.12. The fourth-order valence-corrected chi connectivity index (χ4v) is 6.50. The summed E-state index contributed by atoms with van der Waals surface area (Å²) in [5, 5.41) is 29.4. The molecule has 0 aliphatic rings. The highest BCUT2D eigenvalue weighted by atomic mass is 32.1. The Hall–Kier alpha value is -5.67. The number of carbonyl (C=O) groups is 1. The van der Waals surface area contributed by atoms with E-state index in [-0.39, 0.29) is 18.0 Å². The molecule has 0 atom stereocenters. The molecule has 0 amide bonds.